The van der Waals surface area contributed by atoms with Gasteiger partial charge >= 0.3 is 5.97 Å². The van der Waals surface area contributed by atoms with Gasteiger partial charge in [0.2, 0.25) is 0 Å². The SMILES string of the molecule is COc1cccc(-c2nc(CC(=O)OCC(=O)Nc3cc(C(C)(C)C)ccc3OC)cs2)c1. The molecule has 1 amide bonds. The molecule has 0 aliphatic carbocycles. The van der Waals surface area contributed by atoms with Gasteiger partial charge in [-0.3, -0.25) is 9.59 Å². The molecule has 0 aliphatic rings. The monoisotopic (exact) mass is 468 g/mol. The van der Waals surface area contributed by atoms with Crippen LogP contribution in [0.4, 0.5) is 5.69 Å². The Bertz CT molecular complexity index is 1130. The molecule has 2 aromatic carbocycles. The van der Waals surface area contributed by atoms with Crippen molar-refractivity contribution in [3.63, 3.8) is 0 Å². The third-order valence-electron chi connectivity index (χ3n) is 4.90. The summed E-state index contributed by atoms with van der Waals surface area (Å²) >= 11 is 1.43. The molecule has 0 atom stereocenters. The lowest BCUT2D eigenvalue weighted by molar-refractivity contribution is -0.146. The van der Waals surface area contributed by atoms with Crippen LogP contribution in [-0.2, 0) is 26.2 Å². The van der Waals surface area contributed by atoms with Crippen LogP contribution in [0.5, 0.6) is 11.5 Å². The number of carbonyl (C=O) groups excluding carboxylic acids is 2. The standard InChI is InChI=1S/C25H28N2O5S/c1-25(2,3)17-9-10-21(31-5)20(12-17)27-22(28)14-32-23(29)13-18-15-33-24(26-18)16-7-6-8-19(11-16)30-4/h6-12,15H,13-14H2,1-5H3,(H,27,28). The fraction of sp³-hybridized carbons (Fsp3) is 0.320. The Balaban J connectivity index is 1.56. The number of esters is 1. The third-order valence-corrected chi connectivity index (χ3v) is 5.84. The summed E-state index contributed by atoms with van der Waals surface area (Å²) in [7, 11) is 3.14. The van der Waals surface area contributed by atoms with Crippen molar-refractivity contribution in [2.45, 2.75) is 32.6 Å². The molecule has 0 radical (unpaired) electrons. The summed E-state index contributed by atoms with van der Waals surface area (Å²) in [6, 6.07) is 13.2. The predicted octanol–water partition coefficient (Wildman–Crippen LogP) is 4.85. The number of amides is 1. The van der Waals surface area contributed by atoms with E-state index in [2.05, 4.69) is 31.1 Å². The number of hydrogen-bond donors (Lipinski definition) is 1. The average molecular weight is 469 g/mol. The lowest BCUT2D eigenvalue weighted by atomic mass is 9.87. The van der Waals surface area contributed by atoms with Crippen LogP contribution < -0.4 is 14.8 Å². The van der Waals surface area contributed by atoms with E-state index in [0.29, 0.717) is 17.1 Å². The van der Waals surface area contributed by atoms with Gasteiger partial charge in [-0.1, -0.05) is 39.0 Å². The summed E-state index contributed by atoms with van der Waals surface area (Å²) in [4.78, 5) is 29.1. The molecule has 0 fully saturated rings. The highest BCUT2D eigenvalue weighted by atomic mass is 32.1. The zero-order valence-electron chi connectivity index (χ0n) is 19.4. The van der Waals surface area contributed by atoms with Crippen molar-refractivity contribution in [1.82, 2.24) is 4.98 Å². The van der Waals surface area contributed by atoms with Gasteiger partial charge in [-0.15, -0.1) is 11.3 Å². The normalized spacial score (nSPS) is 11.1. The lowest BCUT2D eigenvalue weighted by Crippen LogP contribution is -2.22. The van der Waals surface area contributed by atoms with Gasteiger partial charge in [0.25, 0.3) is 5.91 Å². The van der Waals surface area contributed by atoms with Crippen LogP contribution >= 0.6 is 11.3 Å². The van der Waals surface area contributed by atoms with Crippen LogP contribution in [-0.4, -0.2) is 37.7 Å². The zero-order valence-corrected chi connectivity index (χ0v) is 20.2. The highest BCUT2D eigenvalue weighted by Gasteiger charge is 2.18. The minimum atomic E-state index is -0.525. The minimum Gasteiger partial charge on any atom is -0.497 e. The van der Waals surface area contributed by atoms with E-state index < -0.39 is 18.5 Å². The van der Waals surface area contributed by atoms with Crippen molar-refractivity contribution in [2.24, 2.45) is 0 Å². The molecule has 0 saturated carbocycles. The molecule has 0 saturated heterocycles. The van der Waals surface area contributed by atoms with Crippen molar-refractivity contribution in [3.8, 4) is 22.1 Å². The average Bonchev–Trinajstić information content (AvgIpc) is 3.25. The molecule has 8 heteroatoms. The molecular formula is C25H28N2O5S. The van der Waals surface area contributed by atoms with E-state index in [0.717, 1.165) is 21.9 Å². The number of nitrogens with one attached hydrogen (secondary N) is 1. The first kappa shape index (κ1) is 24.3. The zero-order chi connectivity index (χ0) is 24.0. The van der Waals surface area contributed by atoms with Crippen LogP contribution in [0.15, 0.2) is 47.8 Å². The van der Waals surface area contributed by atoms with Crippen LogP contribution in [0.2, 0.25) is 0 Å². The van der Waals surface area contributed by atoms with Gasteiger partial charge in [-0.25, -0.2) is 4.98 Å². The van der Waals surface area contributed by atoms with Gasteiger partial charge in [-0.2, -0.15) is 0 Å². The van der Waals surface area contributed by atoms with Crippen molar-refractivity contribution in [1.29, 1.82) is 0 Å². The van der Waals surface area contributed by atoms with Gasteiger partial charge < -0.3 is 19.5 Å². The number of methoxy groups -OCH3 is 2. The number of benzene rings is 2. The van der Waals surface area contributed by atoms with E-state index in [1.165, 1.54) is 18.4 Å². The second-order valence-electron chi connectivity index (χ2n) is 8.43. The Kier molecular flexibility index (Phi) is 7.71. The van der Waals surface area contributed by atoms with E-state index in [4.69, 9.17) is 14.2 Å². The van der Waals surface area contributed by atoms with Gasteiger partial charge in [-0.05, 0) is 35.2 Å². The Labute approximate surface area is 197 Å². The highest BCUT2D eigenvalue weighted by Crippen LogP contribution is 2.31. The Morgan fingerprint density at radius 3 is 2.55 bits per heavy atom. The third kappa shape index (κ3) is 6.55. The quantitative estimate of drug-likeness (QED) is 0.476. The first-order valence-corrected chi connectivity index (χ1v) is 11.3. The number of thiazole rings is 1. The fourth-order valence-electron chi connectivity index (χ4n) is 3.08. The van der Waals surface area contributed by atoms with E-state index in [9.17, 15) is 9.59 Å². The Hall–Kier alpha value is -3.39. The van der Waals surface area contributed by atoms with Gasteiger partial charge in [0.1, 0.15) is 16.5 Å². The van der Waals surface area contributed by atoms with Crippen LogP contribution in [0.3, 0.4) is 0 Å². The molecule has 0 spiro atoms. The summed E-state index contributed by atoms with van der Waals surface area (Å²) < 4.78 is 15.7. The molecular weight excluding hydrogens is 440 g/mol. The summed E-state index contributed by atoms with van der Waals surface area (Å²) in [5.74, 6) is 0.306. The predicted molar refractivity (Wildman–Crippen MR) is 129 cm³/mol. The van der Waals surface area contributed by atoms with E-state index >= 15 is 0 Å². The maximum absolute atomic E-state index is 12.4. The summed E-state index contributed by atoms with van der Waals surface area (Å²) in [6.07, 6.45) is -0.0173. The molecule has 1 heterocycles. The topological polar surface area (TPSA) is 86.8 Å². The lowest BCUT2D eigenvalue weighted by Gasteiger charge is -2.21. The van der Waals surface area contributed by atoms with Crippen LogP contribution in [0.25, 0.3) is 10.6 Å². The van der Waals surface area contributed by atoms with Crippen molar-refractivity contribution in [3.05, 3.63) is 59.1 Å². The largest absolute Gasteiger partial charge is 0.497 e. The fourth-order valence-corrected chi connectivity index (χ4v) is 3.90. The molecule has 174 valence electrons. The van der Waals surface area contributed by atoms with E-state index in [-0.39, 0.29) is 11.8 Å². The molecule has 0 unspecified atom stereocenters. The smallest absolute Gasteiger partial charge is 0.312 e. The van der Waals surface area contributed by atoms with Crippen LogP contribution in [0, 0.1) is 0 Å². The molecule has 1 aromatic heterocycles. The van der Waals surface area contributed by atoms with Crippen LogP contribution in [0.1, 0.15) is 32.0 Å². The molecule has 1 N–H and O–H groups in total. The number of rotatable bonds is 8. The second kappa shape index (κ2) is 10.5. The maximum Gasteiger partial charge on any atom is 0.312 e. The second-order valence-corrected chi connectivity index (χ2v) is 9.28. The number of nitrogens with zero attached hydrogens (tertiary/aromatic N) is 1. The summed E-state index contributed by atoms with van der Waals surface area (Å²) in [5, 5.41) is 5.35. The first-order valence-electron chi connectivity index (χ1n) is 10.4. The molecule has 0 bridgehead atoms. The van der Waals surface area contributed by atoms with Gasteiger partial charge in [0.05, 0.1) is 32.0 Å². The van der Waals surface area contributed by atoms with Crippen molar-refractivity contribution < 1.29 is 23.8 Å². The summed E-state index contributed by atoms with van der Waals surface area (Å²) in [5.41, 5.74) is 2.99. The number of carbonyl (C=O) groups is 2. The first-order chi connectivity index (χ1) is 15.7. The Morgan fingerprint density at radius 1 is 1.06 bits per heavy atom. The highest BCUT2D eigenvalue weighted by molar-refractivity contribution is 7.13. The van der Waals surface area contributed by atoms with E-state index in [1.807, 2.05) is 42.5 Å². The number of ether oxygens (including phenoxy) is 3. The molecule has 0 aliphatic heterocycles. The Morgan fingerprint density at radius 2 is 1.85 bits per heavy atom. The van der Waals surface area contributed by atoms with Crippen molar-refractivity contribution in [2.75, 3.05) is 26.1 Å². The minimum absolute atomic E-state index is 0.0173. The number of aromatic nitrogens is 1. The number of anilines is 1. The van der Waals surface area contributed by atoms with Crippen molar-refractivity contribution >= 4 is 28.9 Å². The molecule has 3 aromatic rings. The summed E-state index contributed by atoms with van der Waals surface area (Å²) in [6.45, 7) is 5.86. The molecule has 3 rings (SSSR count). The molecule has 7 nitrogen and oxygen atoms in total. The van der Waals surface area contributed by atoms with Gasteiger partial charge in [0, 0.05) is 10.9 Å². The van der Waals surface area contributed by atoms with E-state index in [1.54, 1.807) is 12.5 Å². The number of hydrogen-bond acceptors (Lipinski definition) is 7. The maximum atomic E-state index is 12.4. The molecule has 33 heavy (non-hydrogen) atoms. The van der Waals surface area contributed by atoms with Gasteiger partial charge in [0.15, 0.2) is 6.61 Å².